The normalized spacial score (nSPS) is 18.2. The Morgan fingerprint density at radius 2 is 2.05 bits per heavy atom. The Kier molecular flexibility index (Phi) is 2.85. The average molecular weight is 254 g/mol. The highest BCUT2D eigenvalue weighted by Gasteiger charge is 2.25. The van der Waals surface area contributed by atoms with Gasteiger partial charge in [0.1, 0.15) is 5.82 Å². The molecule has 0 saturated heterocycles. The van der Waals surface area contributed by atoms with Crippen molar-refractivity contribution in [1.82, 2.24) is 9.97 Å². The van der Waals surface area contributed by atoms with Gasteiger partial charge in [-0.1, -0.05) is 18.2 Å². The zero-order chi connectivity index (χ0) is 13.4. The third-order valence-electron chi connectivity index (χ3n) is 3.63. The summed E-state index contributed by atoms with van der Waals surface area (Å²) in [5.74, 6) is 1.23. The van der Waals surface area contributed by atoms with Gasteiger partial charge in [0.15, 0.2) is 0 Å². The molecule has 0 amide bonds. The minimum Gasteiger partial charge on any atom is -0.368 e. The van der Waals surface area contributed by atoms with Crippen molar-refractivity contribution in [2.24, 2.45) is 0 Å². The van der Waals surface area contributed by atoms with Crippen molar-refractivity contribution >= 4 is 17.5 Å². The van der Waals surface area contributed by atoms with E-state index in [2.05, 4.69) is 46.1 Å². The van der Waals surface area contributed by atoms with Crippen LogP contribution in [-0.2, 0) is 6.42 Å². The highest BCUT2D eigenvalue weighted by atomic mass is 15.2. The molecule has 2 aromatic rings. The fourth-order valence-electron chi connectivity index (χ4n) is 2.74. The molecule has 1 aliphatic heterocycles. The third kappa shape index (κ3) is 2.14. The first-order valence-corrected chi connectivity index (χ1v) is 6.63. The predicted molar refractivity (Wildman–Crippen MR) is 77.5 cm³/mol. The molecule has 0 bridgehead atoms. The molecule has 19 heavy (non-hydrogen) atoms. The van der Waals surface area contributed by atoms with Crippen LogP contribution in [0.15, 0.2) is 30.3 Å². The number of aromatic nitrogens is 2. The molecular formula is C15H18N4. The van der Waals surface area contributed by atoms with Gasteiger partial charge in [0.05, 0.1) is 0 Å². The maximum atomic E-state index is 5.78. The Balaban J connectivity index is 2.13. The van der Waals surface area contributed by atoms with Crippen molar-refractivity contribution < 1.29 is 0 Å². The highest BCUT2D eigenvalue weighted by Crippen LogP contribution is 2.35. The van der Waals surface area contributed by atoms with Crippen LogP contribution in [0, 0.1) is 6.92 Å². The molecule has 1 atom stereocenters. The number of anilines is 3. The van der Waals surface area contributed by atoms with E-state index in [-0.39, 0.29) is 0 Å². The number of hydrogen-bond donors (Lipinski definition) is 1. The molecule has 0 radical (unpaired) electrons. The molecule has 1 aromatic carbocycles. The lowest BCUT2D eigenvalue weighted by molar-refractivity contribution is 0.613. The molecular weight excluding hydrogens is 236 g/mol. The fourth-order valence-corrected chi connectivity index (χ4v) is 2.74. The van der Waals surface area contributed by atoms with E-state index in [0.717, 1.165) is 24.4 Å². The van der Waals surface area contributed by atoms with Gasteiger partial charge in [0.2, 0.25) is 5.95 Å². The van der Waals surface area contributed by atoms with Gasteiger partial charge >= 0.3 is 0 Å². The number of rotatable bonds is 1. The molecule has 1 unspecified atom stereocenters. The Bertz CT molecular complexity index is 589. The largest absolute Gasteiger partial charge is 0.368 e. The van der Waals surface area contributed by atoms with E-state index in [9.17, 15) is 0 Å². The van der Waals surface area contributed by atoms with Crippen molar-refractivity contribution in [2.75, 3.05) is 10.6 Å². The summed E-state index contributed by atoms with van der Waals surface area (Å²) in [6.07, 6.45) is 2.24. The lowest BCUT2D eigenvalue weighted by Gasteiger charge is -2.36. The van der Waals surface area contributed by atoms with Crippen LogP contribution in [0.5, 0.6) is 0 Å². The molecule has 0 fully saturated rings. The topological polar surface area (TPSA) is 55.0 Å². The second-order valence-corrected chi connectivity index (χ2v) is 5.11. The van der Waals surface area contributed by atoms with Crippen LogP contribution in [0.1, 0.15) is 24.6 Å². The predicted octanol–water partition coefficient (Wildman–Crippen LogP) is 2.84. The second-order valence-electron chi connectivity index (χ2n) is 5.11. The summed E-state index contributed by atoms with van der Waals surface area (Å²) in [5, 5.41) is 0. The maximum Gasteiger partial charge on any atom is 0.222 e. The zero-order valence-corrected chi connectivity index (χ0v) is 11.3. The summed E-state index contributed by atoms with van der Waals surface area (Å²) >= 11 is 0. The molecule has 3 rings (SSSR count). The Labute approximate surface area is 113 Å². The lowest BCUT2D eigenvalue weighted by atomic mass is 9.96. The van der Waals surface area contributed by atoms with Crippen LogP contribution in [0.3, 0.4) is 0 Å². The first-order valence-electron chi connectivity index (χ1n) is 6.63. The van der Waals surface area contributed by atoms with Crippen LogP contribution in [0.25, 0.3) is 0 Å². The van der Waals surface area contributed by atoms with Crippen molar-refractivity contribution in [3.8, 4) is 0 Å². The number of nitrogens with two attached hydrogens (primary N) is 1. The Hall–Kier alpha value is -2.10. The molecule has 0 aliphatic carbocycles. The molecule has 2 heterocycles. The van der Waals surface area contributed by atoms with Crippen LogP contribution in [-0.4, -0.2) is 16.0 Å². The van der Waals surface area contributed by atoms with E-state index in [1.807, 2.05) is 13.0 Å². The number of benzene rings is 1. The molecule has 4 heteroatoms. The van der Waals surface area contributed by atoms with Gasteiger partial charge in [-0.15, -0.1) is 0 Å². The number of para-hydroxylation sites is 1. The van der Waals surface area contributed by atoms with E-state index in [1.54, 1.807) is 0 Å². The minimum atomic E-state index is 0.338. The summed E-state index contributed by atoms with van der Waals surface area (Å²) in [5.41, 5.74) is 9.29. The van der Waals surface area contributed by atoms with E-state index < -0.39 is 0 Å². The van der Waals surface area contributed by atoms with Crippen LogP contribution in [0.2, 0.25) is 0 Å². The molecule has 0 saturated carbocycles. The van der Waals surface area contributed by atoms with Crippen molar-refractivity contribution in [3.05, 3.63) is 41.6 Å². The smallest absolute Gasteiger partial charge is 0.222 e. The molecule has 1 aromatic heterocycles. The quantitative estimate of drug-likeness (QED) is 0.850. The molecule has 2 N–H and O–H groups in total. The lowest BCUT2D eigenvalue weighted by Crippen LogP contribution is -2.34. The van der Waals surface area contributed by atoms with E-state index in [1.165, 1.54) is 11.3 Å². The fraction of sp³-hybridized carbons (Fsp3) is 0.333. The zero-order valence-electron chi connectivity index (χ0n) is 11.3. The van der Waals surface area contributed by atoms with Crippen LogP contribution >= 0.6 is 0 Å². The van der Waals surface area contributed by atoms with Crippen LogP contribution < -0.4 is 10.6 Å². The summed E-state index contributed by atoms with van der Waals surface area (Å²) in [6, 6.07) is 10.9. The number of hydrogen-bond acceptors (Lipinski definition) is 4. The van der Waals surface area contributed by atoms with Gasteiger partial charge in [-0.3, -0.25) is 0 Å². The van der Waals surface area contributed by atoms with E-state index >= 15 is 0 Å². The maximum absolute atomic E-state index is 5.78. The average Bonchev–Trinajstić information content (AvgIpc) is 2.37. The Morgan fingerprint density at radius 1 is 1.26 bits per heavy atom. The van der Waals surface area contributed by atoms with Crippen LogP contribution in [0.4, 0.5) is 17.5 Å². The van der Waals surface area contributed by atoms with Crippen molar-refractivity contribution in [2.45, 2.75) is 32.7 Å². The van der Waals surface area contributed by atoms with Gasteiger partial charge in [-0.2, -0.15) is 4.98 Å². The van der Waals surface area contributed by atoms with Gasteiger partial charge in [0.25, 0.3) is 0 Å². The summed E-state index contributed by atoms with van der Waals surface area (Å²) in [7, 11) is 0. The van der Waals surface area contributed by atoms with Gasteiger partial charge in [0, 0.05) is 23.5 Å². The summed E-state index contributed by atoms with van der Waals surface area (Å²) in [4.78, 5) is 10.8. The highest BCUT2D eigenvalue weighted by molar-refractivity contribution is 5.67. The van der Waals surface area contributed by atoms with Gasteiger partial charge < -0.3 is 10.6 Å². The van der Waals surface area contributed by atoms with Gasteiger partial charge in [-0.05, 0) is 38.3 Å². The number of aryl methyl sites for hydroxylation is 2. The Morgan fingerprint density at radius 3 is 2.84 bits per heavy atom. The number of nitrogens with zero attached hydrogens (tertiary/aromatic N) is 3. The first kappa shape index (κ1) is 12.0. The summed E-state index contributed by atoms with van der Waals surface area (Å²) in [6.45, 7) is 4.17. The number of fused-ring (bicyclic) bond motifs is 1. The number of nitrogen functional groups attached to an aromatic ring is 1. The molecule has 1 aliphatic rings. The first-order chi connectivity index (χ1) is 9.15. The van der Waals surface area contributed by atoms with E-state index in [0.29, 0.717) is 12.0 Å². The molecule has 98 valence electrons. The van der Waals surface area contributed by atoms with Crippen molar-refractivity contribution in [3.63, 3.8) is 0 Å². The van der Waals surface area contributed by atoms with E-state index in [4.69, 9.17) is 5.73 Å². The summed E-state index contributed by atoms with van der Waals surface area (Å²) < 4.78 is 0. The van der Waals surface area contributed by atoms with Gasteiger partial charge in [-0.25, -0.2) is 4.98 Å². The standard InChI is InChI=1S/C15H18N4/c1-10-9-14(18-15(16)17-10)19-11(2)7-8-12-5-3-4-6-13(12)19/h3-6,9,11H,7-8H2,1-2H3,(H2,16,17,18). The SMILES string of the molecule is Cc1cc(N2c3ccccc3CCC2C)nc(N)n1. The monoisotopic (exact) mass is 254 g/mol. The third-order valence-corrected chi connectivity index (χ3v) is 3.63. The second kappa shape index (κ2) is 4.53. The van der Waals surface area contributed by atoms with Crippen molar-refractivity contribution in [1.29, 1.82) is 0 Å². The molecule has 4 nitrogen and oxygen atoms in total. The minimum absolute atomic E-state index is 0.338. The molecule has 0 spiro atoms.